The summed E-state index contributed by atoms with van der Waals surface area (Å²) < 4.78 is 0. The zero-order valence-corrected chi connectivity index (χ0v) is 11.9. The lowest BCUT2D eigenvalue weighted by Crippen LogP contribution is -2.18. The third-order valence-corrected chi connectivity index (χ3v) is 4.74. The van der Waals surface area contributed by atoms with Gasteiger partial charge in [0.1, 0.15) is 5.30 Å². The molecular weight excluding hydrogens is 239 g/mol. The number of hydrogen-bond acceptors (Lipinski definition) is 1. The molecule has 0 heterocycles. The highest BCUT2D eigenvalue weighted by Gasteiger charge is 2.27. The molecule has 2 heteroatoms. The van der Waals surface area contributed by atoms with Crippen LogP contribution in [0.5, 0.6) is 0 Å². The summed E-state index contributed by atoms with van der Waals surface area (Å²) in [5.41, 5.74) is 1.61. The predicted molar refractivity (Wildman–Crippen MR) is 80.6 cm³/mol. The molecule has 0 bridgehead atoms. The van der Waals surface area contributed by atoms with Crippen molar-refractivity contribution in [1.82, 2.24) is 0 Å². The van der Waals surface area contributed by atoms with Crippen LogP contribution in [0, 0.1) is 0 Å². The number of carbonyl (C=O) groups is 1. The molecule has 0 fully saturated rings. The molecule has 0 aliphatic rings. The molecular formula is C16H18OP+. The van der Waals surface area contributed by atoms with Gasteiger partial charge in [0.2, 0.25) is 0 Å². The van der Waals surface area contributed by atoms with Crippen LogP contribution in [-0.2, 0) is 0 Å². The Morgan fingerprint density at radius 1 is 0.833 bits per heavy atom. The van der Waals surface area contributed by atoms with Crippen LogP contribution in [0.1, 0.15) is 15.9 Å². The van der Waals surface area contributed by atoms with E-state index in [1.54, 1.807) is 0 Å². The van der Waals surface area contributed by atoms with Crippen LogP contribution in [0.3, 0.4) is 0 Å². The van der Waals surface area contributed by atoms with Crippen molar-refractivity contribution in [2.24, 2.45) is 0 Å². The van der Waals surface area contributed by atoms with Gasteiger partial charge in [0.15, 0.2) is 5.78 Å². The lowest BCUT2D eigenvalue weighted by Gasteiger charge is -2.15. The Hall–Kier alpha value is -1.46. The van der Waals surface area contributed by atoms with Crippen LogP contribution in [0.25, 0.3) is 0 Å². The summed E-state index contributed by atoms with van der Waals surface area (Å²) in [6.45, 7) is 6.72. The van der Waals surface area contributed by atoms with Crippen LogP contribution in [0.4, 0.5) is 0 Å². The molecule has 1 nitrogen and oxygen atoms in total. The number of benzene rings is 2. The zero-order valence-electron chi connectivity index (χ0n) is 11.1. The lowest BCUT2D eigenvalue weighted by atomic mass is 10.0. The van der Waals surface area contributed by atoms with Crippen molar-refractivity contribution in [3.05, 3.63) is 65.7 Å². The fourth-order valence-electron chi connectivity index (χ4n) is 2.00. The van der Waals surface area contributed by atoms with Gasteiger partial charge in [0.25, 0.3) is 0 Å². The van der Waals surface area contributed by atoms with Crippen molar-refractivity contribution in [3.63, 3.8) is 0 Å². The van der Waals surface area contributed by atoms with E-state index in [1.807, 2.05) is 48.5 Å². The first kappa shape index (κ1) is 13.0. The molecule has 0 spiro atoms. The van der Waals surface area contributed by atoms with Crippen LogP contribution in [0.2, 0.25) is 0 Å². The van der Waals surface area contributed by atoms with E-state index in [2.05, 4.69) is 26.1 Å². The first-order chi connectivity index (χ1) is 8.50. The first-order valence-corrected chi connectivity index (χ1v) is 9.14. The zero-order chi connectivity index (χ0) is 13.2. The summed E-state index contributed by atoms with van der Waals surface area (Å²) in [5.74, 6) is 0.126. The quantitative estimate of drug-likeness (QED) is 0.608. The molecule has 0 atom stereocenters. The van der Waals surface area contributed by atoms with E-state index in [4.69, 9.17) is 0 Å². The number of ketones is 1. The minimum atomic E-state index is -1.20. The van der Waals surface area contributed by atoms with E-state index >= 15 is 0 Å². The summed E-state index contributed by atoms with van der Waals surface area (Å²) in [7, 11) is -1.20. The maximum Gasteiger partial charge on any atom is 0.196 e. The topological polar surface area (TPSA) is 17.1 Å². The second-order valence-electron chi connectivity index (χ2n) is 5.22. The molecule has 0 saturated carbocycles. The van der Waals surface area contributed by atoms with E-state index in [-0.39, 0.29) is 5.78 Å². The average molecular weight is 257 g/mol. The third-order valence-electron chi connectivity index (χ3n) is 2.91. The van der Waals surface area contributed by atoms with Crippen molar-refractivity contribution >= 4 is 18.4 Å². The molecule has 0 unspecified atom stereocenters. The van der Waals surface area contributed by atoms with E-state index < -0.39 is 7.26 Å². The van der Waals surface area contributed by atoms with Crippen molar-refractivity contribution in [2.75, 3.05) is 20.0 Å². The largest absolute Gasteiger partial charge is 0.288 e. The van der Waals surface area contributed by atoms with E-state index in [9.17, 15) is 4.79 Å². The van der Waals surface area contributed by atoms with Crippen molar-refractivity contribution in [1.29, 1.82) is 0 Å². The Balaban J connectivity index is 2.50. The molecule has 2 aromatic carbocycles. The number of hydrogen-bond donors (Lipinski definition) is 0. The second-order valence-corrected chi connectivity index (χ2v) is 9.73. The van der Waals surface area contributed by atoms with Crippen LogP contribution in [0.15, 0.2) is 54.6 Å². The van der Waals surface area contributed by atoms with E-state index in [1.165, 1.54) is 5.30 Å². The number of rotatable bonds is 3. The van der Waals surface area contributed by atoms with Gasteiger partial charge < -0.3 is 0 Å². The van der Waals surface area contributed by atoms with Crippen LogP contribution in [-0.4, -0.2) is 25.8 Å². The normalized spacial score (nSPS) is 11.3. The van der Waals surface area contributed by atoms with Gasteiger partial charge in [0.05, 0.1) is 25.6 Å². The third kappa shape index (κ3) is 2.68. The summed E-state index contributed by atoms with van der Waals surface area (Å²) >= 11 is 0. The molecule has 2 rings (SSSR count). The Labute approximate surface area is 109 Å². The lowest BCUT2D eigenvalue weighted by molar-refractivity contribution is 0.104. The van der Waals surface area contributed by atoms with E-state index in [0.29, 0.717) is 0 Å². The molecule has 0 aliphatic heterocycles. The van der Waals surface area contributed by atoms with Crippen molar-refractivity contribution in [2.45, 2.75) is 0 Å². The fourth-order valence-corrected chi connectivity index (χ4v) is 3.43. The Kier molecular flexibility index (Phi) is 3.63. The van der Waals surface area contributed by atoms with Gasteiger partial charge in [-0.05, 0) is 12.1 Å². The molecule has 0 N–H and O–H groups in total. The Morgan fingerprint density at radius 2 is 1.39 bits per heavy atom. The molecule has 18 heavy (non-hydrogen) atoms. The van der Waals surface area contributed by atoms with Crippen molar-refractivity contribution in [3.8, 4) is 0 Å². The van der Waals surface area contributed by atoms with Gasteiger partial charge in [-0.3, -0.25) is 4.79 Å². The Morgan fingerprint density at radius 3 is 2.00 bits per heavy atom. The first-order valence-electron chi connectivity index (χ1n) is 6.01. The van der Waals surface area contributed by atoms with Gasteiger partial charge in [0, 0.05) is 12.8 Å². The average Bonchev–Trinajstić information content (AvgIpc) is 2.38. The highest BCUT2D eigenvalue weighted by molar-refractivity contribution is 7.81. The molecule has 0 amide bonds. The van der Waals surface area contributed by atoms with E-state index in [0.717, 1.165) is 11.1 Å². The summed E-state index contributed by atoms with van der Waals surface area (Å²) in [6.07, 6.45) is 0. The minimum absolute atomic E-state index is 0.126. The molecule has 0 saturated heterocycles. The van der Waals surface area contributed by atoms with Gasteiger partial charge in [-0.25, -0.2) is 0 Å². The molecule has 0 aromatic heterocycles. The molecule has 0 radical (unpaired) electrons. The standard InChI is InChI=1S/C16H18OP/c1-18(2,3)15-12-8-7-11-14(15)16(17)13-9-5-4-6-10-13/h4-12H,1-3H3/q+1. The van der Waals surface area contributed by atoms with Crippen LogP contribution >= 0.6 is 7.26 Å². The van der Waals surface area contributed by atoms with Crippen LogP contribution < -0.4 is 5.30 Å². The molecule has 92 valence electrons. The van der Waals surface area contributed by atoms with Gasteiger partial charge >= 0.3 is 0 Å². The second kappa shape index (κ2) is 5.04. The predicted octanol–water partition coefficient (Wildman–Crippen LogP) is 3.45. The molecule has 2 aromatic rings. The smallest absolute Gasteiger partial charge is 0.196 e. The van der Waals surface area contributed by atoms with Gasteiger partial charge in [-0.2, -0.15) is 0 Å². The SMILES string of the molecule is C[P+](C)(C)c1ccccc1C(=O)c1ccccc1. The summed E-state index contributed by atoms with van der Waals surface area (Å²) in [4.78, 5) is 12.5. The summed E-state index contributed by atoms with van der Waals surface area (Å²) in [5, 5.41) is 1.21. The number of carbonyl (C=O) groups excluding carboxylic acids is 1. The fraction of sp³-hybridized carbons (Fsp3) is 0.188. The monoisotopic (exact) mass is 257 g/mol. The maximum atomic E-state index is 12.5. The highest BCUT2D eigenvalue weighted by atomic mass is 31.2. The molecule has 0 aliphatic carbocycles. The Bertz CT molecular complexity index is 553. The summed E-state index contributed by atoms with van der Waals surface area (Å²) in [6, 6.07) is 17.5. The van der Waals surface area contributed by atoms with Gasteiger partial charge in [-0.1, -0.05) is 42.5 Å². The van der Waals surface area contributed by atoms with Gasteiger partial charge in [-0.15, -0.1) is 0 Å². The highest BCUT2D eigenvalue weighted by Crippen LogP contribution is 2.46. The van der Waals surface area contributed by atoms with Crippen molar-refractivity contribution < 1.29 is 4.79 Å². The maximum absolute atomic E-state index is 12.5. The minimum Gasteiger partial charge on any atom is -0.288 e.